The number of nitrogens with one attached hydrogen (secondary N) is 1. The summed E-state index contributed by atoms with van der Waals surface area (Å²) in [6.45, 7) is 2.49. The van der Waals surface area contributed by atoms with E-state index in [2.05, 4.69) is 5.32 Å². The zero-order chi connectivity index (χ0) is 27.4. The SMILES string of the molecule is CCOc1ccc(-n2c(=S)sc3c(=O)n(-c4ccccc4)c(SCC(=O)Nc4cccc(OC)c4)nc32)cc1. The fraction of sp³-hybridized carbons (Fsp3) is 0.143. The number of anilines is 1. The van der Waals surface area contributed by atoms with Gasteiger partial charge in [0.1, 0.15) is 16.2 Å². The summed E-state index contributed by atoms with van der Waals surface area (Å²) in [7, 11) is 1.57. The van der Waals surface area contributed by atoms with Crippen LogP contribution in [-0.4, -0.2) is 39.5 Å². The third kappa shape index (κ3) is 5.75. The molecule has 5 rings (SSSR count). The van der Waals surface area contributed by atoms with Crippen LogP contribution in [0.3, 0.4) is 0 Å². The molecule has 0 fully saturated rings. The van der Waals surface area contributed by atoms with Gasteiger partial charge in [0.05, 0.1) is 25.2 Å². The number of benzene rings is 3. The largest absolute Gasteiger partial charge is 0.497 e. The second-order valence-corrected chi connectivity index (χ2v) is 10.8. The Morgan fingerprint density at radius 2 is 1.74 bits per heavy atom. The minimum atomic E-state index is -0.248. The highest BCUT2D eigenvalue weighted by molar-refractivity contribution is 7.99. The number of fused-ring (bicyclic) bond motifs is 1. The van der Waals surface area contributed by atoms with Crippen LogP contribution in [0.5, 0.6) is 11.5 Å². The molecule has 1 amide bonds. The number of thioether (sulfide) groups is 1. The Kier molecular flexibility index (Phi) is 8.10. The summed E-state index contributed by atoms with van der Waals surface area (Å²) < 4.78 is 15.0. The zero-order valence-corrected chi connectivity index (χ0v) is 23.6. The third-order valence-corrected chi connectivity index (χ3v) is 7.97. The number of thiazole rings is 1. The third-order valence-electron chi connectivity index (χ3n) is 5.68. The lowest BCUT2D eigenvalue weighted by atomic mass is 10.3. The summed E-state index contributed by atoms with van der Waals surface area (Å²) in [4.78, 5) is 31.5. The lowest BCUT2D eigenvalue weighted by Gasteiger charge is -2.13. The highest BCUT2D eigenvalue weighted by atomic mass is 32.2. The second kappa shape index (κ2) is 11.9. The number of carbonyl (C=O) groups is 1. The molecule has 0 spiro atoms. The van der Waals surface area contributed by atoms with Crippen LogP contribution in [0.2, 0.25) is 0 Å². The van der Waals surface area contributed by atoms with E-state index in [0.29, 0.717) is 43.2 Å². The monoisotopic (exact) mass is 576 g/mol. The van der Waals surface area contributed by atoms with Crippen LogP contribution in [0, 0.1) is 3.95 Å². The topological polar surface area (TPSA) is 87.4 Å². The number of aromatic nitrogens is 3. The first-order valence-electron chi connectivity index (χ1n) is 12.0. The van der Waals surface area contributed by atoms with Gasteiger partial charge in [-0.25, -0.2) is 4.98 Å². The van der Waals surface area contributed by atoms with Gasteiger partial charge in [-0.05, 0) is 67.7 Å². The molecule has 198 valence electrons. The van der Waals surface area contributed by atoms with Gasteiger partial charge in [-0.3, -0.25) is 18.7 Å². The fourth-order valence-electron chi connectivity index (χ4n) is 3.95. The number of carbonyl (C=O) groups excluding carboxylic acids is 1. The minimum Gasteiger partial charge on any atom is -0.497 e. The molecule has 0 atom stereocenters. The molecule has 0 saturated carbocycles. The maximum atomic E-state index is 13.8. The number of methoxy groups -OCH3 is 1. The van der Waals surface area contributed by atoms with E-state index in [1.165, 1.54) is 27.7 Å². The molecule has 8 nitrogen and oxygen atoms in total. The minimum absolute atomic E-state index is 0.0376. The quantitative estimate of drug-likeness (QED) is 0.129. The van der Waals surface area contributed by atoms with Crippen LogP contribution in [0.4, 0.5) is 5.69 Å². The normalized spacial score (nSPS) is 10.9. The predicted octanol–water partition coefficient (Wildman–Crippen LogP) is 6.11. The molecular weight excluding hydrogens is 553 g/mol. The average Bonchev–Trinajstić information content (AvgIpc) is 3.29. The Bertz CT molecular complexity index is 1750. The fourth-order valence-corrected chi connectivity index (χ4v) is 6.06. The first kappa shape index (κ1) is 26.7. The lowest BCUT2D eigenvalue weighted by molar-refractivity contribution is -0.113. The molecule has 2 aromatic heterocycles. The van der Waals surface area contributed by atoms with Crippen molar-refractivity contribution in [2.75, 3.05) is 24.8 Å². The molecule has 11 heteroatoms. The first-order valence-corrected chi connectivity index (χ1v) is 14.2. The van der Waals surface area contributed by atoms with Gasteiger partial charge in [0.15, 0.2) is 14.8 Å². The molecular formula is C28H24N4O4S3. The van der Waals surface area contributed by atoms with E-state index in [1.54, 1.807) is 35.9 Å². The molecule has 2 heterocycles. The Morgan fingerprint density at radius 3 is 2.46 bits per heavy atom. The van der Waals surface area contributed by atoms with Gasteiger partial charge >= 0.3 is 0 Å². The number of ether oxygens (including phenoxy) is 2. The van der Waals surface area contributed by atoms with E-state index in [0.717, 1.165) is 11.4 Å². The van der Waals surface area contributed by atoms with Gasteiger partial charge in [-0.1, -0.05) is 47.4 Å². The number of hydrogen-bond acceptors (Lipinski definition) is 8. The van der Waals surface area contributed by atoms with Gasteiger partial charge in [0.25, 0.3) is 5.56 Å². The zero-order valence-electron chi connectivity index (χ0n) is 21.1. The lowest BCUT2D eigenvalue weighted by Crippen LogP contribution is -2.22. The summed E-state index contributed by atoms with van der Waals surface area (Å²) >= 11 is 8.05. The van der Waals surface area contributed by atoms with Crippen molar-refractivity contribution >= 4 is 57.3 Å². The van der Waals surface area contributed by atoms with Crippen LogP contribution in [0.25, 0.3) is 21.7 Å². The number of rotatable bonds is 9. The van der Waals surface area contributed by atoms with Crippen molar-refractivity contribution in [3.8, 4) is 22.9 Å². The Labute approximate surface area is 237 Å². The molecule has 5 aromatic rings. The molecule has 0 radical (unpaired) electrons. The van der Waals surface area contributed by atoms with Crippen molar-refractivity contribution < 1.29 is 14.3 Å². The standard InChI is InChI=1S/C28H24N4O4S3/c1-3-36-21-14-12-20(13-15-21)31-25-24(39-28(31)37)26(34)32(19-9-5-4-6-10-19)27(30-25)38-17-23(33)29-18-8-7-11-22(16-18)35-2/h4-16H,3,17H2,1-2H3,(H,29,33). The van der Waals surface area contributed by atoms with Crippen molar-refractivity contribution in [2.24, 2.45) is 0 Å². The van der Waals surface area contributed by atoms with Gasteiger partial charge in [0, 0.05) is 17.4 Å². The van der Waals surface area contributed by atoms with Crippen LogP contribution in [0.1, 0.15) is 6.92 Å². The molecule has 0 saturated heterocycles. The second-order valence-electron chi connectivity index (χ2n) is 8.22. The summed E-state index contributed by atoms with van der Waals surface area (Å²) in [5.41, 5.74) is 2.24. The molecule has 3 aromatic carbocycles. The molecule has 0 unspecified atom stereocenters. The van der Waals surface area contributed by atoms with Crippen LogP contribution in [-0.2, 0) is 4.79 Å². The van der Waals surface area contributed by atoms with Crippen molar-refractivity contribution in [3.05, 3.63) is 93.2 Å². The van der Waals surface area contributed by atoms with E-state index in [4.69, 9.17) is 26.7 Å². The molecule has 1 N–H and O–H groups in total. The predicted molar refractivity (Wildman–Crippen MR) is 159 cm³/mol. The molecule has 0 aliphatic carbocycles. The van der Waals surface area contributed by atoms with Gasteiger partial charge in [-0.15, -0.1) is 0 Å². The van der Waals surface area contributed by atoms with Crippen molar-refractivity contribution in [2.45, 2.75) is 12.1 Å². The summed E-state index contributed by atoms with van der Waals surface area (Å²) in [6, 6.07) is 23.8. The van der Waals surface area contributed by atoms with Crippen molar-refractivity contribution in [1.82, 2.24) is 14.1 Å². The van der Waals surface area contributed by atoms with Crippen LogP contribution in [0.15, 0.2) is 88.8 Å². The maximum absolute atomic E-state index is 13.8. The van der Waals surface area contributed by atoms with Gasteiger partial charge < -0.3 is 14.8 Å². The molecule has 39 heavy (non-hydrogen) atoms. The van der Waals surface area contributed by atoms with Gasteiger partial charge in [0.2, 0.25) is 5.91 Å². The Balaban J connectivity index is 1.55. The summed E-state index contributed by atoms with van der Waals surface area (Å²) in [5.74, 6) is 1.18. The van der Waals surface area contributed by atoms with E-state index in [9.17, 15) is 9.59 Å². The highest BCUT2D eigenvalue weighted by Gasteiger charge is 2.20. The smallest absolute Gasteiger partial charge is 0.278 e. The molecule has 0 bridgehead atoms. The highest BCUT2D eigenvalue weighted by Crippen LogP contribution is 2.28. The number of nitrogens with zero attached hydrogens (tertiary/aromatic N) is 3. The molecule has 0 aliphatic rings. The maximum Gasteiger partial charge on any atom is 0.278 e. The number of amides is 1. The first-order chi connectivity index (χ1) is 19.0. The number of hydrogen-bond donors (Lipinski definition) is 1. The van der Waals surface area contributed by atoms with E-state index < -0.39 is 0 Å². The summed E-state index contributed by atoms with van der Waals surface area (Å²) in [6.07, 6.45) is 0. The van der Waals surface area contributed by atoms with E-state index >= 15 is 0 Å². The van der Waals surface area contributed by atoms with E-state index in [1.807, 2.05) is 61.5 Å². The number of para-hydroxylation sites is 1. The van der Waals surface area contributed by atoms with Crippen LogP contribution < -0.4 is 20.3 Å². The summed E-state index contributed by atoms with van der Waals surface area (Å²) in [5, 5.41) is 3.25. The van der Waals surface area contributed by atoms with E-state index in [-0.39, 0.29) is 17.2 Å². The van der Waals surface area contributed by atoms with Crippen molar-refractivity contribution in [1.29, 1.82) is 0 Å². The van der Waals surface area contributed by atoms with Gasteiger partial charge in [-0.2, -0.15) is 0 Å². The Hall–Kier alpha value is -3.93. The molecule has 0 aliphatic heterocycles. The Morgan fingerprint density at radius 1 is 1.00 bits per heavy atom. The average molecular weight is 577 g/mol. The van der Waals surface area contributed by atoms with Crippen molar-refractivity contribution in [3.63, 3.8) is 0 Å². The van der Waals surface area contributed by atoms with Crippen LogP contribution >= 0.6 is 35.3 Å².